The van der Waals surface area contributed by atoms with Crippen molar-refractivity contribution in [1.82, 2.24) is 9.80 Å². The summed E-state index contributed by atoms with van der Waals surface area (Å²) in [5.74, 6) is 0.763. The highest BCUT2D eigenvalue weighted by molar-refractivity contribution is 6.07. The second-order valence-corrected chi connectivity index (χ2v) is 16.8. The van der Waals surface area contributed by atoms with Crippen molar-refractivity contribution in [2.75, 3.05) is 56.4 Å². The van der Waals surface area contributed by atoms with Crippen molar-refractivity contribution in [2.24, 2.45) is 5.41 Å². The predicted octanol–water partition coefficient (Wildman–Crippen LogP) is 7.79. The predicted molar refractivity (Wildman–Crippen MR) is 233 cm³/mol. The molecule has 2 fully saturated rings. The number of benzene rings is 3. The van der Waals surface area contributed by atoms with Gasteiger partial charge in [0.15, 0.2) is 17.7 Å². The topological polar surface area (TPSA) is 148 Å². The second-order valence-electron chi connectivity index (χ2n) is 16.8. The van der Waals surface area contributed by atoms with Crippen molar-refractivity contribution < 1.29 is 48.0 Å². The number of fused-ring (bicyclic) bond motifs is 4. The molecule has 4 amide bonds. The minimum absolute atomic E-state index is 0.0107. The van der Waals surface area contributed by atoms with E-state index < -0.39 is 24.5 Å². The van der Waals surface area contributed by atoms with Gasteiger partial charge >= 0.3 is 12.2 Å². The number of unbranched alkanes of at least 4 members (excludes halogenated alkanes) is 2. The van der Waals surface area contributed by atoms with Crippen LogP contribution in [0.25, 0.3) is 5.57 Å². The van der Waals surface area contributed by atoms with Crippen LogP contribution < -0.4 is 24.0 Å². The lowest BCUT2D eigenvalue weighted by Gasteiger charge is -2.31. The third-order valence-electron chi connectivity index (χ3n) is 12.5. The molecule has 3 aromatic rings. The first-order chi connectivity index (χ1) is 29.9. The fourth-order valence-electron chi connectivity index (χ4n) is 9.01. The summed E-state index contributed by atoms with van der Waals surface area (Å²) >= 11 is 0. The highest BCUT2D eigenvalue weighted by Crippen LogP contribution is 2.57. The standard InChI is InChI=1S/C48H54N4O10/c1-6-17-61-46(56)50-28-34-22-33(32-13-11-30(3)12-14-32)27-49(34)43(53)36-23-41(58-5)42(24-37(36)50)60-20-10-8-9-19-59-40-25-38-35(21-31(40)4)44(54)51-29-48(15-16-48)26-39(51)45(55)52(38)47(57)62-18-7-2/h6-7,11-14,21,23-25,27,34,39,45,55H,1-2,8-10,15-20,22,26,28-29H2,3-5H3/t34-,39-,45-/m0/s1. The molecule has 1 spiro atoms. The van der Waals surface area contributed by atoms with Gasteiger partial charge in [0, 0.05) is 24.9 Å². The summed E-state index contributed by atoms with van der Waals surface area (Å²) in [4.78, 5) is 61.2. The van der Waals surface area contributed by atoms with Gasteiger partial charge in [0.25, 0.3) is 11.8 Å². The molecular weight excluding hydrogens is 793 g/mol. The van der Waals surface area contributed by atoms with Crippen LogP contribution in [-0.4, -0.2) is 104 Å². The number of aliphatic hydroxyl groups excluding tert-OH is 1. The summed E-state index contributed by atoms with van der Waals surface area (Å²) in [6, 6.07) is 14.0. The Hall–Kier alpha value is -6.28. The van der Waals surface area contributed by atoms with Crippen LogP contribution in [0.15, 0.2) is 80.0 Å². The molecule has 1 saturated heterocycles. The Balaban J connectivity index is 0.928. The first-order valence-electron chi connectivity index (χ1n) is 21.3. The molecule has 62 heavy (non-hydrogen) atoms. The minimum atomic E-state index is -1.28. The molecule has 8 rings (SSSR count). The lowest BCUT2D eigenvalue weighted by Crippen LogP contribution is -2.50. The smallest absolute Gasteiger partial charge is 0.416 e. The third kappa shape index (κ3) is 8.23. The molecule has 1 N–H and O–H groups in total. The van der Waals surface area contributed by atoms with Gasteiger partial charge in [-0.1, -0.05) is 55.1 Å². The van der Waals surface area contributed by atoms with E-state index in [2.05, 4.69) is 13.2 Å². The molecule has 0 bridgehead atoms. The van der Waals surface area contributed by atoms with Gasteiger partial charge < -0.3 is 38.6 Å². The molecule has 0 radical (unpaired) electrons. The molecule has 14 nitrogen and oxygen atoms in total. The summed E-state index contributed by atoms with van der Waals surface area (Å²) in [5, 5.41) is 11.6. The van der Waals surface area contributed by atoms with Crippen LogP contribution in [0.3, 0.4) is 0 Å². The molecule has 1 saturated carbocycles. The largest absolute Gasteiger partial charge is 0.493 e. The second kappa shape index (κ2) is 17.6. The van der Waals surface area contributed by atoms with Crippen LogP contribution >= 0.6 is 0 Å². The summed E-state index contributed by atoms with van der Waals surface area (Å²) in [6.45, 7) is 12.6. The molecule has 5 aliphatic rings. The van der Waals surface area contributed by atoms with Crippen LogP contribution in [0.4, 0.5) is 21.0 Å². The van der Waals surface area contributed by atoms with Crippen molar-refractivity contribution in [3.05, 3.63) is 108 Å². The molecule has 4 heterocycles. The molecule has 0 aromatic heterocycles. The van der Waals surface area contributed by atoms with Crippen LogP contribution in [0.5, 0.6) is 17.2 Å². The van der Waals surface area contributed by atoms with Gasteiger partial charge in [0.1, 0.15) is 19.0 Å². The highest BCUT2D eigenvalue weighted by atomic mass is 16.6. The van der Waals surface area contributed by atoms with Crippen LogP contribution in [-0.2, 0) is 9.47 Å². The van der Waals surface area contributed by atoms with Crippen molar-refractivity contribution in [1.29, 1.82) is 0 Å². The van der Waals surface area contributed by atoms with Gasteiger partial charge in [-0.25, -0.2) is 14.5 Å². The lowest BCUT2D eigenvalue weighted by molar-refractivity contribution is 0.0496. The molecule has 1 aliphatic carbocycles. The number of carbonyl (C=O) groups is 4. The lowest BCUT2D eigenvalue weighted by atomic mass is 10.0. The Morgan fingerprint density at radius 2 is 1.50 bits per heavy atom. The number of hydrogen-bond donors (Lipinski definition) is 1. The van der Waals surface area contributed by atoms with E-state index in [0.29, 0.717) is 79.5 Å². The molecule has 3 aromatic carbocycles. The van der Waals surface area contributed by atoms with Gasteiger partial charge in [-0.2, -0.15) is 0 Å². The maximum atomic E-state index is 14.2. The van der Waals surface area contributed by atoms with E-state index in [9.17, 15) is 24.3 Å². The quantitative estimate of drug-likeness (QED) is 0.126. The number of carbonyl (C=O) groups excluding carboxylic acids is 4. The first-order valence-corrected chi connectivity index (χ1v) is 21.3. The summed E-state index contributed by atoms with van der Waals surface area (Å²) in [6.07, 6.45) is 7.43. The fourth-order valence-corrected chi connectivity index (χ4v) is 9.01. The number of aliphatic hydroxyl groups is 1. The average Bonchev–Trinajstić information content (AvgIpc) is 3.77. The minimum Gasteiger partial charge on any atom is -0.493 e. The molecule has 3 atom stereocenters. The van der Waals surface area contributed by atoms with Crippen molar-refractivity contribution in [2.45, 2.75) is 77.1 Å². The summed E-state index contributed by atoms with van der Waals surface area (Å²) in [7, 11) is 1.51. The Morgan fingerprint density at radius 1 is 0.839 bits per heavy atom. The van der Waals surface area contributed by atoms with Crippen LogP contribution in [0, 0.1) is 19.3 Å². The Bertz CT molecular complexity index is 2300. The van der Waals surface area contributed by atoms with Crippen molar-refractivity contribution >= 4 is 40.9 Å². The van der Waals surface area contributed by atoms with E-state index in [1.54, 1.807) is 34.1 Å². The third-order valence-corrected chi connectivity index (χ3v) is 12.5. The van der Waals surface area contributed by atoms with Crippen LogP contribution in [0.2, 0.25) is 0 Å². The van der Waals surface area contributed by atoms with Gasteiger partial charge in [0.2, 0.25) is 0 Å². The van der Waals surface area contributed by atoms with E-state index in [-0.39, 0.29) is 48.7 Å². The van der Waals surface area contributed by atoms with Gasteiger partial charge in [0.05, 0.1) is 61.5 Å². The maximum absolute atomic E-state index is 14.2. The van der Waals surface area contributed by atoms with Crippen molar-refractivity contribution in [3.63, 3.8) is 0 Å². The zero-order chi connectivity index (χ0) is 43.7. The molecule has 326 valence electrons. The Labute approximate surface area is 361 Å². The number of ether oxygens (including phenoxy) is 5. The summed E-state index contributed by atoms with van der Waals surface area (Å²) < 4.78 is 29.1. The number of anilines is 2. The van der Waals surface area contributed by atoms with Gasteiger partial charge in [-0.3, -0.25) is 14.5 Å². The van der Waals surface area contributed by atoms with E-state index in [4.69, 9.17) is 23.7 Å². The molecule has 4 aliphatic heterocycles. The average molecular weight is 847 g/mol. The fraction of sp³-hybridized carbons (Fsp3) is 0.417. The zero-order valence-electron chi connectivity index (χ0n) is 35.6. The molecule has 0 unspecified atom stereocenters. The highest BCUT2D eigenvalue weighted by Gasteiger charge is 2.58. The molecule has 14 heteroatoms. The summed E-state index contributed by atoms with van der Waals surface area (Å²) in [5.41, 5.74) is 5.14. The zero-order valence-corrected chi connectivity index (χ0v) is 35.6. The van der Waals surface area contributed by atoms with E-state index >= 15 is 0 Å². The first kappa shape index (κ1) is 42.4. The van der Waals surface area contributed by atoms with E-state index in [1.165, 1.54) is 29.1 Å². The molecular formula is C48H54N4O10. The number of amides is 4. The van der Waals surface area contributed by atoms with Gasteiger partial charge in [-0.15, -0.1) is 0 Å². The number of nitrogens with zero attached hydrogens (tertiary/aromatic N) is 4. The number of methoxy groups -OCH3 is 1. The normalized spacial score (nSPS) is 20.6. The van der Waals surface area contributed by atoms with Crippen molar-refractivity contribution in [3.8, 4) is 17.2 Å². The van der Waals surface area contributed by atoms with E-state index in [0.717, 1.165) is 41.5 Å². The monoisotopic (exact) mass is 846 g/mol. The Kier molecular flexibility index (Phi) is 12.0. The number of rotatable bonds is 14. The maximum Gasteiger partial charge on any atom is 0.416 e. The Morgan fingerprint density at radius 3 is 2.18 bits per heavy atom. The number of aryl methyl sites for hydroxylation is 2. The van der Waals surface area contributed by atoms with E-state index in [1.807, 2.05) is 44.3 Å². The van der Waals surface area contributed by atoms with Crippen LogP contribution in [0.1, 0.15) is 82.4 Å². The van der Waals surface area contributed by atoms with Gasteiger partial charge in [-0.05, 0) is 93.0 Å². The SMILES string of the molecule is C=CCOC(=O)N1C[C@@H]2CC(c3ccc(C)cc3)=CN2C(=O)c2cc(OC)c(OCCCCCOc3cc4c(cc3C)C(=O)N3CC5(CC5)C[C@H]3[C@H](O)N4C(=O)OCC=C)cc21. The number of hydrogen-bond acceptors (Lipinski definition) is 10.